The van der Waals surface area contributed by atoms with Crippen molar-refractivity contribution in [2.45, 2.75) is 26.3 Å². The minimum atomic E-state index is -0.913. The monoisotopic (exact) mass is 157 g/mol. The van der Waals surface area contributed by atoms with Crippen LogP contribution in [0.4, 0.5) is 0 Å². The number of carbonyl (C=O) groups is 1. The maximum absolute atomic E-state index is 10.2. The van der Waals surface area contributed by atoms with Crippen molar-refractivity contribution in [2.75, 3.05) is 0 Å². The Kier molecular flexibility index (Phi) is 7.63. The van der Waals surface area contributed by atoms with Crippen LogP contribution < -0.4 is 5.73 Å². The molecule has 0 saturated carbocycles. The molecule has 4 heteroatoms. The Morgan fingerprint density at radius 2 is 2.10 bits per heavy atom. The summed E-state index contributed by atoms with van der Waals surface area (Å²) in [5, 5.41) is 8.36. The van der Waals surface area contributed by atoms with Crippen molar-refractivity contribution >= 4 is 29.0 Å². The average Bonchev–Trinajstić information content (AvgIpc) is 1.84. The molecule has 2 unspecified atom stereocenters. The summed E-state index contributed by atoms with van der Waals surface area (Å²) in [5.41, 5.74) is 5.27. The van der Waals surface area contributed by atoms with E-state index >= 15 is 0 Å². The van der Waals surface area contributed by atoms with Crippen LogP contribution in [0.15, 0.2) is 0 Å². The van der Waals surface area contributed by atoms with Gasteiger partial charge in [-0.1, -0.05) is 20.3 Å². The van der Waals surface area contributed by atoms with E-state index in [0.717, 1.165) is 6.42 Å². The van der Waals surface area contributed by atoms with Crippen molar-refractivity contribution in [3.05, 3.63) is 0 Å². The third-order valence-corrected chi connectivity index (χ3v) is 1.54. The first-order valence-electron chi connectivity index (χ1n) is 3.08. The van der Waals surface area contributed by atoms with E-state index < -0.39 is 12.0 Å². The molecule has 0 aromatic rings. The zero-order chi connectivity index (χ0) is 7.44. The number of hydrogen-bond donors (Lipinski definition) is 2. The van der Waals surface area contributed by atoms with E-state index in [0.29, 0.717) is 0 Å². The molecule has 10 heavy (non-hydrogen) atoms. The lowest BCUT2D eigenvalue weighted by Crippen LogP contribution is -2.36. The third-order valence-electron chi connectivity index (χ3n) is 1.54. The van der Waals surface area contributed by atoms with Gasteiger partial charge < -0.3 is 10.8 Å². The van der Waals surface area contributed by atoms with E-state index in [4.69, 9.17) is 10.8 Å². The van der Waals surface area contributed by atoms with E-state index in [1.807, 2.05) is 13.8 Å². The lowest BCUT2D eigenvalue weighted by molar-refractivity contribution is -0.139. The first-order chi connectivity index (χ1) is 4.09. The van der Waals surface area contributed by atoms with Crippen molar-refractivity contribution < 1.29 is 9.90 Å². The Bertz CT molecular complexity index is 108. The minimum Gasteiger partial charge on any atom is -0.480 e. The van der Waals surface area contributed by atoms with Crippen LogP contribution in [0, 0.1) is 5.92 Å². The van der Waals surface area contributed by atoms with Crippen LogP contribution in [-0.2, 0) is 4.79 Å². The summed E-state index contributed by atoms with van der Waals surface area (Å²) in [6, 6.07) is -0.699. The highest BCUT2D eigenvalue weighted by atomic mass is 24.3. The quantitative estimate of drug-likeness (QED) is 0.545. The molecule has 0 aliphatic carbocycles. The van der Waals surface area contributed by atoms with Crippen molar-refractivity contribution in [1.82, 2.24) is 0 Å². The first kappa shape index (κ1) is 12.8. The topological polar surface area (TPSA) is 63.3 Å². The molecule has 0 fully saturated rings. The zero-order valence-corrected chi connectivity index (χ0v) is 5.79. The maximum Gasteiger partial charge on any atom is 0.320 e. The molecule has 3 nitrogen and oxygen atoms in total. The Hall–Kier alpha value is 0.196. The van der Waals surface area contributed by atoms with Gasteiger partial charge in [0.25, 0.3) is 0 Å². The van der Waals surface area contributed by atoms with Crippen LogP contribution in [-0.4, -0.2) is 40.2 Å². The van der Waals surface area contributed by atoms with Gasteiger partial charge in [0.05, 0.1) is 0 Å². The fraction of sp³-hybridized carbons (Fsp3) is 0.833. The SMILES string of the molecule is CCC(C)C(N)C(=O)O.[MgH2]. The van der Waals surface area contributed by atoms with Crippen LogP contribution in [0.25, 0.3) is 0 Å². The van der Waals surface area contributed by atoms with Gasteiger partial charge in [0.1, 0.15) is 6.04 Å². The van der Waals surface area contributed by atoms with Crippen molar-refractivity contribution in [1.29, 1.82) is 0 Å². The highest BCUT2D eigenvalue weighted by molar-refractivity contribution is 5.75. The summed E-state index contributed by atoms with van der Waals surface area (Å²) in [4.78, 5) is 10.2. The number of carboxylic acid groups (broad SMARTS) is 1. The molecule has 0 aromatic heterocycles. The van der Waals surface area contributed by atoms with Crippen LogP contribution in [0.2, 0.25) is 0 Å². The van der Waals surface area contributed by atoms with Crippen molar-refractivity contribution in [3.63, 3.8) is 0 Å². The molecule has 0 aliphatic heterocycles. The van der Waals surface area contributed by atoms with Crippen LogP contribution in [0.1, 0.15) is 20.3 Å². The van der Waals surface area contributed by atoms with E-state index in [1.165, 1.54) is 0 Å². The zero-order valence-electron chi connectivity index (χ0n) is 5.79. The molecule has 3 N–H and O–H groups in total. The van der Waals surface area contributed by atoms with E-state index in [9.17, 15) is 4.79 Å². The number of rotatable bonds is 3. The highest BCUT2D eigenvalue weighted by Crippen LogP contribution is 2.04. The molecule has 2 atom stereocenters. The maximum atomic E-state index is 10.2. The molecule has 0 saturated heterocycles. The van der Waals surface area contributed by atoms with Gasteiger partial charge in [-0.3, -0.25) is 4.79 Å². The Labute approximate surface area is 77.1 Å². The number of aliphatic carboxylic acids is 1. The lowest BCUT2D eigenvalue weighted by Gasteiger charge is -2.11. The second-order valence-corrected chi connectivity index (χ2v) is 2.25. The largest absolute Gasteiger partial charge is 0.480 e. The molecular formula is C6H15MgNO2. The molecule has 0 spiro atoms. The number of nitrogens with two attached hydrogens (primary N) is 1. The van der Waals surface area contributed by atoms with Crippen LogP contribution in [0.3, 0.4) is 0 Å². The summed E-state index contributed by atoms with van der Waals surface area (Å²) in [5.74, 6) is -0.841. The fourth-order valence-electron chi connectivity index (χ4n) is 0.497. The van der Waals surface area contributed by atoms with Gasteiger partial charge >= 0.3 is 29.0 Å². The minimum absolute atomic E-state index is 0. The molecule has 58 valence electrons. The molecule has 0 aliphatic rings. The highest BCUT2D eigenvalue weighted by Gasteiger charge is 2.17. The second kappa shape index (κ2) is 5.94. The van der Waals surface area contributed by atoms with Gasteiger partial charge in [-0.15, -0.1) is 0 Å². The summed E-state index contributed by atoms with van der Waals surface area (Å²) in [6.45, 7) is 3.76. The predicted octanol–water partition coefficient (Wildman–Crippen LogP) is -0.472. The summed E-state index contributed by atoms with van der Waals surface area (Å²) in [6.07, 6.45) is 0.813. The molecule has 0 rings (SSSR count). The number of carboxylic acids is 1. The van der Waals surface area contributed by atoms with E-state index in [2.05, 4.69) is 0 Å². The van der Waals surface area contributed by atoms with Gasteiger partial charge in [0.15, 0.2) is 0 Å². The van der Waals surface area contributed by atoms with Gasteiger partial charge in [0.2, 0.25) is 0 Å². The predicted molar refractivity (Wildman–Crippen MR) is 43.6 cm³/mol. The fourth-order valence-corrected chi connectivity index (χ4v) is 0.497. The normalized spacial score (nSPS) is 15.1. The van der Waals surface area contributed by atoms with Crippen molar-refractivity contribution in [3.8, 4) is 0 Å². The Balaban J connectivity index is 0. The Morgan fingerprint density at radius 1 is 1.70 bits per heavy atom. The molecule has 0 heterocycles. The molecule has 0 bridgehead atoms. The van der Waals surface area contributed by atoms with Gasteiger partial charge in [-0.2, -0.15) is 0 Å². The average molecular weight is 157 g/mol. The lowest BCUT2D eigenvalue weighted by atomic mass is 10.0. The smallest absolute Gasteiger partial charge is 0.320 e. The first-order valence-corrected chi connectivity index (χ1v) is 3.08. The van der Waals surface area contributed by atoms with Gasteiger partial charge in [-0.25, -0.2) is 0 Å². The van der Waals surface area contributed by atoms with Crippen LogP contribution >= 0.6 is 0 Å². The van der Waals surface area contributed by atoms with Crippen molar-refractivity contribution in [2.24, 2.45) is 11.7 Å². The van der Waals surface area contributed by atoms with Gasteiger partial charge in [0, 0.05) is 0 Å². The van der Waals surface area contributed by atoms with E-state index in [-0.39, 0.29) is 29.0 Å². The molecule has 0 radical (unpaired) electrons. The summed E-state index contributed by atoms with van der Waals surface area (Å²) >= 11 is 0. The Morgan fingerprint density at radius 3 is 2.20 bits per heavy atom. The molecule has 0 aromatic carbocycles. The summed E-state index contributed by atoms with van der Waals surface area (Å²) < 4.78 is 0. The standard InChI is InChI=1S/C6H13NO2.Mg.2H/c1-3-4(2)5(7)6(8)9;;;/h4-5H,3,7H2,1-2H3,(H,8,9);;;. The molecule has 0 amide bonds. The molecular weight excluding hydrogens is 142 g/mol. The third kappa shape index (κ3) is 4.08. The van der Waals surface area contributed by atoms with Crippen LogP contribution in [0.5, 0.6) is 0 Å². The second-order valence-electron chi connectivity index (χ2n) is 2.25. The summed E-state index contributed by atoms with van der Waals surface area (Å²) in [7, 11) is 0. The van der Waals surface area contributed by atoms with Gasteiger partial charge in [-0.05, 0) is 5.92 Å². The van der Waals surface area contributed by atoms with E-state index in [1.54, 1.807) is 0 Å². The number of hydrogen-bond acceptors (Lipinski definition) is 2.